The van der Waals surface area contributed by atoms with Gasteiger partial charge in [0.25, 0.3) is 0 Å². The van der Waals surface area contributed by atoms with Gasteiger partial charge in [-0.25, -0.2) is 0 Å². The van der Waals surface area contributed by atoms with Crippen molar-refractivity contribution in [3.8, 4) is 0 Å². The minimum Gasteiger partial charge on any atom is -0.309 e. The smallest absolute Gasteiger partial charge is 0.0443 e. The van der Waals surface area contributed by atoms with E-state index in [1.54, 1.807) is 5.56 Å². The van der Waals surface area contributed by atoms with Crippen molar-refractivity contribution in [1.29, 1.82) is 0 Å². The number of thioether (sulfide) groups is 1. The van der Waals surface area contributed by atoms with E-state index in [4.69, 9.17) is 0 Å². The van der Waals surface area contributed by atoms with Crippen LogP contribution in [0.2, 0.25) is 0 Å². The van der Waals surface area contributed by atoms with Crippen molar-refractivity contribution in [3.05, 3.63) is 35.4 Å². The normalized spacial score (nSPS) is 23.1. The monoisotopic (exact) mass is 263 g/mol. The highest BCUT2D eigenvalue weighted by molar-refractivity contribution is 7.99. The van der Waals surface area contributed by atoms with E-state index in [0.717, 1.165) is 17.7 Å². The maximum Gasteiger partial charge on any atom is 0.0443 e. The molecule has 0 bridgehead atoms. The van der Waals surface area contributed by atoms with Gasteiger partial charge in [-0.15, -0.1) is 0 Å². The average Bonchev–Trinajstić information content (AvgIpc) is 2.38. The Kier molecular flexibility index (Phi) is 5.13. The number of benzene rings is 1. The average molecular weight is 263 g/mol. The maximum absolute atomic E-state index is 3.69. The standard InChI is InChI=1S/C16H25NS/c1-4-17-16-14-8-6-5-7-13(14)9-10-15(16)18-11-12(2)3/h5-8,12,15-17H,4,9-11H2,1-3H3. The van der Waals surface area contributed by atoms with Crippen LogP contribution in [0.5, 0.6) is 0 Å². The molecule has 0 saturated carbocycles. The van der Waals surface area contributed by atoms with Crippen LogP contribution >= 0.6 is 11.8 Å². The molecular weight excluding hydrogens is 238 g/mol. The molecule has 0 radical (unpaired) electrons. The third kappa shape index (κ3) is 3.30. The van der Waals surface area contributed by atoms with Gasteiger partial charge in [-0.2, -0.15) is 11.8 Å². The third-order valence-electron chi connectivity index (χ3n) is 3.53. The van der Waals surface area contributed by atoms with Gasteiger partial charge in [0.2, 0.25) is 0 Å². The minimum atomic E-state index is 0.545. The van der Waals surface area contributed by atoms with E-state index in [0.29, 0.717) is 6.04 Å². The third-order valence-corrected chi connectivity index (χ3v) is 5.32. The zero-order chi connectivity index (χ0) is 13.0. The van der Waals surface area contributed by atoms with Crippen LogP contribution in [0.4, 0.5) is 0 Å². The van der Waals surface area contributed by atoms with Gasteiger partial charge in [-0.05, 0) is 42.2 Å². The summed E-state index contributed by atoms with van der Waals surface area (Å²) in [6.07, 6.45) is 2.56. The van der Waals surface area contributed by atoms with Crippen LogP contribution in [0.3, 0.4) is 0 Å². The summed E-state index contributed by atoms with van der Waals surface area (Å²) in [5, 5.41) is 4.43. The molecule has 1 aliphatic rings. The fourth-order valence-electron chi connectivity index (χ4n) is 2.69. The summed E-state index contributed by atoms with van der Waals surface area (Å²) in [6.45, 7) is 7.89. The molecule has 2 unspecified atom stereocenters. The van der Waals surface area contributed by atoms with E-state index >= 15 is 0 Å². The molecule has 1 aromatic rings. The van der Waals surface area contributed by atoms with Gasteiger partial charge < -0.3 is 5.32 Å². The zero-order valence-electron chi connectivity index (χ0n) is 11.8. The van der Waals surface area contributed by atoms with E-state index in [1.807, 2.05) is 0 Å². The molecule has 100 valence electrons. The van der Waals surface area contributed by atoms with Crippen molar-refractivity contribution in [2.75, 3.05) is 12.3 Å². The van der Waals surface area contributed by atoms with Gasteiger partial charge in [0.05, 0.1) is 0 Å². The van der Waals surface area contributed by atoms with Crippen LogP contribution in [-0.4, -0.2) is 17.5 Å². The predicted octanol–water partition coefficient (Wildman–Crippen LogP) is 4.04. The summed E-state index contributed by atoms with van der Waals surface area (Å²) in [5.41, 5.74) is 3.08. The highest BCUT2D eigenvalue weighted by Gasteiger charge is 2.28. The molecule has 0 spiro atoms. The van der Waals surface area contributed by atoms with Crippen LogP contribution in [0.25, 0.3) is 0 Å². The molecule has 2 rings (SSSR count). The second-order valence-corrected chi connectivity index (χ2v) is 6.81. The Hall–Kier alpha value is -0.470. The topological polar surface area (TPSA) is 12.0 Å². The molecule has 1 aromatic carbocycles. The molecule has 0 heterocycles. The molecule has 1 aliphatic carbocycles. The van der Waals surface area contributed by atoms with Crippen molar-refractivity contribution in [2.45, 2.75) is 44.9 Å². The van der Waals surface area contributed by atoms with Crippen LogP contribution in [0.15, 0.2) is 24.3 Å². The predicted molar refractivity (Wildman–Crippen MR) is 82.3 cm³/mol. The van der Waals surface area contributed by atoms with Gasteiger partial charge in [-0.3, -0.25) is 0 Å². The quantitative estimate of drug-likeness (QED) is 0.860. The van der Waals surface area contributed by atoms with Crippen LogP contribution in [0.1, 0.15) is 44.4 Å². The molecule has 1 N–H and O–H groups in total. The van der Waals surface area contributed by atoms with E-state index in [2.05, 4.69) is 62.1 Å². The van der Waals surface area contributed by atoms with E-state index in [-0.39, 0.29) is 0 Å². The summed E-state index contributed by atoms with van der Waals surface area (Å²) in [4.78, 5) is 0. The SMILES string of the molecule is CCNC1c2ccccc2CCC1SCC(C)C. The van der Waals surface area contributed by atoms with Crippen LogP contribution < -0.4 is 5.32 Å². The number of fused-ring (bicyclic) bond motifs is 1. The second-order valence-electron chi connectivity index (χ2n) is 5.54. The molecule has 0 fully saturated rings. The first-order valence-corrected chi connectivity index (χ1v) is 8.20. The lowest BCUT2D eigenvalue weighted by Crippen LogP contribution is -2.34. The Bertz CT molecular complexity index is 375. The molecule has 1 nitrogen and oxygen atoms in total. The lowest BCUT2D eigenvalue weighted by molar-refractivity contribution is 0.483. The minimum absolute atomic E-state index is 0.545. The Balaban J connectivity index is 2.13. The second kappa shape index (κ2) is 6.63. The van der Waals surface area contributed by atoms with Gasteiger partial charge >= 0.3 is 0 Å². The van der Waals surface area contributed by atoms with Crippen molar-refractivity contribution in [3.63, 3.8) is 0 Å². The summed E-state index contributed by atoms with van der Waals surface area (Å²) in [6, 6.07) is 9.50. The van der Waals surface area contributed by atoms with Gasteiger partial charge in [0, 0.05) is 11.3 Å². The van der Waals surface area contributed by atoms with Gasteiger partial charge in [0.15, 0.2) is 0 Å². The molecule has 2 heteroatoms. The summed E-state index contributed by atoms with van der Waals surface area (Å²) in [7, 11) is 0. The molecule has 18 heavy (non-hydrogen) atoms. The fourth-order valence-corrected chi connectivity index (χ4v) is 4.04. The molecular formula is C16H25NS. The lowest BCUT2D eigenvalue weighted by Gasteiger charge is -2.34. The molecule has 0 amide bonds. The van der Waals surface area contributed by atoms with Crippen molar-refractivity contribution in [2.24, 2.45) is 5.92 Å². The molecule has 0 saturated heterocycles. The molecule has 0 aromatic heterocycles. The van der Waals surface area contributed by atoms with Crippen LogP contribution in [-0.2, 0) is 6.42 Å². The number of hydrogen-bond donors (Lipinski definition) is 1. The van der Waals surface area contributed by atoms with Crippen LogP contribution in [0, 0.1) is 5.92 Å². The maximum atomic E-state index is 3.69. The first-order valence-electron chi connectivity index (χ1n) is 7.15. The Labute approximate surface area is 116 Å². The number of rotatable bonds is 5. The van der Waals surface area contributed by atoms with Crippen molar-refractivity contribution >= 4 is 11.8 Å². The van der Waals surface area contributed by atoms with Crippen molar-refractivity contribution in [1.82, 2.24) is 5.32 Å². The van der Waals surface area contributed by atoms with E-state index < -0.39 is 0 Å². The Morgan fingerprint density at radius 1 is 1.33 bits per heavy atom. The van der Waals surface area contributed by atoms with E-state index in [1.165, 1.54) is 24.2 Å². The summed E-state index contributed by atoms with van der Waals surface area (Å²) < 4.78 is 0. The molecule has 0 aliphatic heterocycles. The summed E-state index contributed by atoms with van der Waals surface area (Å²) in [5.74, 6) is 2.06. The Morgan fingerprint density at radius 2 is 2.11 bits per heavy atom. The number of hydrogen-bond acceptors (Lipinski definition) is 2. The zero-order valence-corrected chi connectivity index (χ0v) is 12.6. The highest BCUT2D eigenvalue weighted by atomic mass is 32.2. The highest BCUT2D eigenvalue weighted by Crippen LogP contribution is 2.37. The summed E-state index contributed by atoms with van der Waals surface area (Å²) >= 11 is 2.15. The van der Waals surface area contributed by atoms with Crippen molar-refractivity contribution < 1.29 is 0 Å². The largest absolute Gasteiger partial charge is 0.309 e. The number of aryl methyl sites for hydroxylation is 1. The lowest BCUT2D eigenvalue weighted by atomic mass is 9.87. The van der Waals surface area contributed by atoms with Gasteiger partial charge in [-0.1, -0.05) is 45.0 Å². The van der Waals surface area contributed by atoms with Gasteiger partial charge in [0.1, 0.15) is 0 Å². The fraction of sp³-hybridized carbons (Fsp3) is 0.625. The molecule has 2 atom stereocenters. The van der Waals surface area contributed by atoms with E-state index in [9.17, 15) is 0 Å². The number of nitrogens with one attached hydrogen (secondary N) is 1. The first-order chi connectivity index (χ1) is 8.72. The first kappa shape index (κ1) is 14.0. The Morgan fingerprint density at radius 3 is 2.83 bits per heavy atom.